The normalized spacial score (nSPS) is 22.7. The molecule has 1 saturated carbocycles. The number of carboxylic acids is 1. The Bertz CT molecular complexity index is 313. The molecule has 110 valence electrons. The minimum absolute atomic E-state index is 0.0737. The summed E-state index contributed by atoms with van der Waals surface area (Å²) in [5, 5.41) is 9.01. The van der Waals surface area contributed by atoms with Crippen LogP contribution in [0.15, 0.2) is 0 Å². The van der Waals surface area contributed by atoms with Crippen molar-refractivity contribution in [1.82, 2.24) is 4.90 Å². The molecule has 1 aliphatic carbocycles. The first kappa shape index (κ1) is 16.0. The summed E-state index contributed by atoms with van der Waals surface area (Å²) in [4.78, 5) is 25.3. The molecule has 0 aromatic carbocycles. The minimum atomic E-state index is -0.752. The maximum Gasteiger partial charge on any atom is 0.306 e. The number of aliphatic carboxylic acids is 1. The summed E-state index contributed by atoms with van der Waals surface area (Å²) in [6, 6.07) is 0. The molecule has 0 aromatic heterocycles. The van der Waals surface area contributed by atoms with Gasteiger partial charge < -0.3 is 10.0 Å². The lowest BCUT2D eigenvalue weighted by Crippen LogP contribution is -2.38. The van der Waals surface area contributed by atoms with Crippen molar-refractivity contribution in [2.75, 3.05) is 13.1 Å². The molecule has 1 rings (SSSR count). The van der Waals surface area contributed by atoms with Crippen LogP contribution in [0.1, 0.15) is 52.9 Å². The van der Waals surface area contributed by atoms with Crippen LogP contribution in [-0.2, 0) is 9.59 Å². The predicted octanol–water partition coefficient (Wildman–Crippen LogP) is 2.77. The maximum atomic E-state index is 12.4. The van der Waals surface area contributed by atoms with Gasteiger partial charge >= 0.3 is 5.97 Å². The smallest absolute Gasteiger partial charge is 0.306 e. The Morgan fingerprint density at radius 3 is 2.16 bits per heavy atom. The monoisotopic (exact) mass is 269 g/mol. The second-order valence-electron chi connectivity index (χ2n) is 5.60. The predicted molar refractivity (Wildman–Crippen MR) is 74.8 cm³/mol. The van der Waals surface area contributed by atoms with E-state index < -0.39 is 5.97 Å². The SMILES string of the molecule is CCC(CC)CN(CC)C(=O)[C@@H]1CC[C@H](C(=O)O)C1. The van der Waals surface area contributed by atoms with Crippen molar-refractivity contribution in [2.45, 2.75) is 52.9 Å². The van der Waals surface area contributed by atoms with Crippen molar-refractivity contribution < 1.29 is 14.7 Å². The Balaban J connectivity index is 2.57. The molecule has 0 spiro atoms. The van der Waals surface area contributed by atoms with Crippen LogP contribution in [-0.4, -0.2) is 35.0 Å². The summed E-state index contributed by atoms with van der Waals surface area (Å²) in [6.07, 6.45) is 4.07. The van der Waals surface area contributed by atoms with Crippen LogP contribution >= 0.6 is 0 Å². The molecule has 1 amide bonds. The largest absolute Gasteiger partial charge is 0.481 e. The third kappa shape index (κ3) is 4.22. The Kier molecular flexibility index (Phi) is 6.32. The van der Waals surface area contributed by atoms with Gasteiger partial charge in [-0.25, -0.2) is 0 Å². The highest BCUT2D eigenvalue weighted by Crippen LogP contribution is 2.32. The molecule has 0 bridgehead atoms. The van der Waals surface area contributed by atoms with Gasteiger partial charge in [-0.3, -0.25) is 9.59 Å². The van der Waals surface area contributed by atoms with Crippen molar-refractivity contribution in [1.29, 1.82) is 0 Å². The molecule has 2 atom stereocenters. The summed E-state index contributed by atoms with van der Waals surface area (Å²) < 4.78 is 0. The molecule has 0 radical (unpaired) electrons. The average molecular weight is 269 g/mol. The second-order valence-corrected chi connectivity index (χ2v) is 5.60. The lowest BCUT2D eigenvalue weighted by atomic mass is 10.00. The van der Waals surface area contributed by atoms with Crippen LogP contribution in [0.4, 0.5) is 0 Å². The number of amides is 1. The zero-order valence-electron chi connectivity index (χ0n) is 12.4. The van der Waals surface area contributed by atoms with Crippen LogP contribution in [0.5, 0.6) is 0 Å². The fourth-order valence-corrected chi connectivity index (χ4v) is 2.92. The van der Waals surface area contributed by atoms with Gasteiger partial charge in [-0.1, -0.05) is 26.7 Å². The molecule has 1 N–H and O–H groups in total. The third-order valence-electron chi connectivity index (χ3n) is 4.46. The zero-order valence-corrected chi connectivity index (χ0v) is 12.4. The Morgan fingerprint density at radius 1 is 1.16 bits per heavy atom. The molecule has 19 heavy (non-hydrogen) atoms. The number of carbonyl (C=O) groups excluding carboxylic acids is 1. The summed E-state index contributed by atoms with van der Waals surface area (Å²) in [5.41, 5.74) is 0. The topological polar surface area (TPSA) is 57.6 Å². The highest BCUT2D eigenvalue weighted by molar-refractivity contribution is 5.81. The summed E-state index contributed by atoms with van der Waals surface area (Å²) in [7, 11) is 0. The van der Waals surface area contributed by atoms with Gasteiger partial charge in [0.1, 0.15) is 0 Å². The van der Waals surface area contributed by atoms with E-state index in [0.717, 1.165) is 32.4 Å². The van der Waals surface area contributed by atoms with Crippen LogP contribution in [0.25, 0.3) is 0 Å². The van der Waals surface area contributed by atoms with Gasteiger partial charge in [0.15, 0.2) is 0 Å². The van der Waals surface area contributed by atoms with Crippen LogP contribution in [0.3, 0.4) is 0 Å². The van der Waals surface area contributed by atoms with Crippen molar-refractivity contribution in [3.05, 3.63) is 0 Å². The highest BCUT2D eigenvalue weighted by atomic mass is 16.4. The van der Waals surface area contributed by atoms with Crippen LogP contribution in [0, 0.1) is 17.8 Å². The van der Waals surface area contributed by atoms with Crippen molar-refractivity contribution >= 4 is 11.9 Å². The first-order valence-corrected chi connectivity index (χ1v) is 7.54. The fraction of sp³-hybridized carbons (Fsp3) is 0.867. The Labute approximate surface area is 116 Å². The number of nitrogens with zero attached hydrogens (tertiary/aromatic N) is 1. The van der Waals surface area contributed by atoms with Gasteiger partial charge in [0, 0.05) is 19.0 Å². The van der Waals surface area contributed by atoms with Gasteiger partial charge in [-0.15, -0.1) is 0 Å². The molecule has 1 aliphatic rings. The van der Waals surface area contributed by atoms with Crippen molar-refractivity contribution in [3.8, 4) is 0 Å². The Morgan fingerprint density at radius 2 is 1.74 bits per heavy atom. The summed E-state index contributed by atoms with van der Waals surface area (Å²) in [6.45, 7) is 7.86. The van der Waals surface area contributed by atoms with Gasteiger partial charge in [0.25, 0.3) is 0 Å². The average Bonchev–Trinajstić information content (AvgIpc) is 2.89. The number of carboxylic acid groups (broad SMARTS) is 1. The summed E-state index contributed by atoms with van der Waals surface area (Å²) >= 11 is 0. The molecule has 4 heteroatoms. The lowest BCUT2D eigenvalue weighted by Gasteiger charge is -2.28. The van der Waals surface area contributed by atoms with E-state index in [4.69, 9.17) is 5.11 Å². The molecule has 0 heterocycles. The molecular formula is C15H27NO3. The lowest BCUT2D eigenvalue weighted by molar-refractivity contribution is -0.141. The second kappa shape index (κ2) is 7.51. The van der Waals surface area contributed by atoms with E-state index in [1.54, 1.807) is 0 Å². The third-order valence-corrected chi connectivity index (χ3v) is 4.46. The molecular weight excluding hydrogens is 242 g/mol. The quantitative estimate of drug-likeness (QED) is 0.773. The first-order chi connectivity index (χ1) is 9.03. The first-order valence-electron chi connectivity index (χ1n) is 7.54. The van der Waals surface area contributed by atoms with E-state index in [2.05, 4.69) is 13.8 Å². The maximum absolute atomic E-state index is 12.4. The van der Waals surface area contributed by atoms with Crippen molar-refractivity contribution in [3.63, 3.8) is 0 Å². The zero-order chi connectivity index (χ0) is 14.4. The molecule has 1 fully saturated rings. The number of rotatable bonds is 7. The minimum Gasteiger partial charge on any atom is -0.481 e. The van der Waals surface area contributed by atoms with Gasteiger partial charge in [-0.2, -0.15) is 0 Å². The van der Waals surface area contributed by atoms with Gasteiger partial charge in [-0.05, 0) is 32.1 Å². The number of hydrogen-bond donors (Lipinski definition) is 1. The van der Waals surface area contributed by atoms with E-state index in [1.165, 1.54) is 0 Å². The van der Waals surface area contributed by atoms with E-state index in [1.807, 2.05) is 11.8 Å². The van der Waals surface area contributed by atoms with E-state index in [-0.39, 0.29) is 17.7 Å². The summed E-state index contributed by atoms with van der Waals surface area (Å²) in [5.74, 6) is -0.423. The highest BCUT2D eigenvalue weighted by Gasteiger charge is 2.35. The standard InChI is InChI=1S/C15H27NO3/c1-4-11(5-2)10-16(6-3)14(17)12-7-8-13(9-12)15(18)19/h11-13H,4-10H2,1-3H3,(H,18,19)/t12-,13+/m1/s1. The molecule has 0 unspecified atom stereocenters. The number of hydrogen-bond acceptors (Lipinski definition) is 2. The van der Waals surface area contributed by atoms with E-state index in [9.17, 15) is 9.59 Å². The Hall–Kier alpha value is -1.06. The van der Waals surface area contributed by atoms with Gasteiger partial charge in [0.05, 0.1) is 5.92 Å². The number of carbonyl (C=O) groups is 2. The van der Waals surface area contributed by atoms with Crippen molar-refractivity contribution in [2.24, 2.45) is 17.8 Å². The molecule has 0 aliphatic heterocycles. The molecule has 0 aromatic rings. The fourth-order valence-electron chi connectivity index (χ4n) is 2.92. The van der Waals surface area contributed by atoms with E-state index in [0.29, 0.717) is 18.8 Å². The molecule has 4 nitrogen and oxygen atoms in total. The van der Waals surface area contributed by atoms with E-state index >= 15 is 0 Å². The van der Waals surface area contributed by atoms with Crippen LogP contribution in [0.2, 0.25) is 0 Å². The van der Waals surface area contributed by atoms with Crippen LogP contribution < -0.4 is 0 Å². The van der Waals surface area contributed by atoms with Gasteiger partial charge in [0.2, 0.25) is 5.91 Å². The molecule has 0 saturated heterocycles.